The van der Waals surface area contributed by atoms with Crippen LogP contribution >= 0.6 is 11.6 Å². The van der Waals surface area contributed by atoms with Crippen LogP contribution in [0.3, 0.4) is 0 Å². The monoisotopic (exact) mass is 272 g/mol. The lowest BCUT2D eigenvalue weighted by Gasteiger charge is -2.21. The van der Waals surface area contributed by atoms with Gasteiger partial charge in [-0.2, -0.15) is 0 Å². The first-order valence-electron chi connectivity index (χ1n) is 6.57. The molecule has 0 bridgehead atoms. The average Bonchev–Trinajstić information content (AvgIpc) is 2.82. The van der Waals surface area contributed by atoms with Crippen LogP contribution in [0.2, 0.25) is 5.02 Å². The lowest BCUT2D eigenvalue weighted by molar-refractivity contribution is 0.818. The van der Waals surface area contributed by atoms with Crippen molar-refractivity contribution in [1.29, 1.82) is 0 Å². The highest BCUT2D eigenvalue weighted by Crippen LogP contribution is 2.38. The Labute approximate surface area is 118 Å². The molecule has 0 fully saturated rings. The van der Waals surface area contributed by atoms with Crippen LogP contribution in [0.5, 0.6) is 0 Å². The summed E-state index contributed by atoms with van der Waals surface area (Å²) in [6, 6.07) is 14.6. The molecule has 2 N–H and O–H groups in total. The molecule has 0 radical (unpaired) electrons. The van der Waals surface area contributed by atoms with Crippen LogP contribution in [0.25, 0.3) is 0 Å². The normalized spacial score (nSPS) is 15.4. The molecule has 1 heterocycles. The number of rotatable bonds is 2. The van der Waals surface area contributed by atoms with E-state index in [2.05, 4.69) is 41.3 Å². The Hall–Kier alpha value is -1.51. The summed E-state index contributed by atoms with van der Waals surface area (Å²) >= 11 is 6.42. The molecule has 2 aromatic rings. The maximum atomic E-state index is 6.42. The summed E-state index contributed by atoms with van der Waals surface area (Å²) in [6.07, 6.45) is 1.07. The number of nitrogens with zero attached hydrogens (tertiary/aromatic N) is 1. The minimum absolute atomic E-state index is 0.0115. The van der Waals surface area contributed by atoms with E-state index in [9.17, 15) is 0 Å². The largest absolute Gasteiger partial charge is 0.340 e. The second-order valence-electron chi connectivity index (χ2n) is 5.03. The zero-order chi connectivity index (χ0) is 13.4. The van der Waals surface area contributed by atoms with Crippen LogP contribution in [0.4, 0.5) is 11.4 Å². The smallest absolute Gasteiger partial charge is 0.0646 e. The van der Waals surface area contributed by atoms with Crippen molar-refractivity contribution in [3.05, 3.63) is 58.6 Å². The first-order valence-corrected chi connectivity index (χ1v) is 6.95. The molecule has 2 nitrogen and oxygen atoms in total. The Morgan fingerprint density at radius 2 is 1.95 bits per heavy atom. The topological polar surface area (TPSA) is 29.3 Å². The van der Waals surface area contributed by atoms with E-state index >= 15 is 0 Å². The molecule has 0 spiro atoms. The van der Waals surface area contributed by atoms with Crippen LogP contribution in [0.15, 0.2) is 42.5 Å². The van der Waals surface area contributed by atoms with Crippen molar-refractivity contribution in [3.8, 4) is 0 Å². The van der Waals surface area contributed by atoms with Crippen LogP contribution < -0.4 is 10.6 Å². The highest BCUT2D eigenvalue weighted by molar-refractivity contribution is 6.33. The van der Waals surface area contributed by atoms with Crippen molar-refractivity contribution in [2.75, 3.05) is 11.4 Å². The van der Waals surface area contributed by atoms with E-state index in [0.29, 0.717) is 0 Å². The second-order valence-corrected chi connectivity index (χ2v) is 5.44. The molecule has 0 saturated heterocycles. The predicted molar refractivity (Wildman–Crippen MR) is 81.2 cm³/mol. The fourth-order valence-electron chi connectivity index (χ4n) is 2.61. The third kappa shape index (κ3) is 2.22. The van der Waals surface area contributed by atoms with Gasteiger partial charge in [-0.1, -0.05) is 35.9 Å². The SMILES string of the molecule is C[C@@H](N)c1ccc(N2CCc3ccccc32)c(Cl)c1. The van der Waals surface area contributed by atoms with E-state index in [4.69, 9.17) is 17.3 Å². The van der Waals surface area contributed by atoms with E-state index in [-0.39, 0.29) is 6.04 Å². The standard InChI is InChI=1S/C16H17ClN2/c1-11(18)13-6-7-16(14(17)10-13)19-9-8-12-4-2-3-5-15(12)19/h2-7,10-11H,8-9,18H2,1H3/t11-/m1/s1. The minimum atomic E-state index is 0.0115. The summed E-state index contributed by atoms with van der Waals surface area (Å²) in [5.41, 5.74) is 10.7. The number of anilines is 2. The minimum Gasteiger partial charge on any atom is -0.340 e. The van der Waals surface area contributed by atoms with Crippen LogP contribution in [0, 0.1) is 0 Å². The first kappa shape index (κ1) is 12.5. The first-order chi connectivity index (χ1) is 9.16. The zero-order valence-electron chi connectivity index (χ0n) is 10.9. The number of halogens is 1. The molecule has 0 aromatic heterocycles. The highest BCUT2D eigenvalue weighted by atomic mass is 35.5. The lowest BCUT2D eigenvalue weighted by Crippen LogP contribution is -2.14. The quantitative estimate of drug-likeness (QED) is 0.893. The molecule has 1 aliphatic rings. The van der Waals surface area contributed by atoms with E-state index < -0.39 is 0 Å². The predicted octanol–water partition coefficient (Wildman–Crippen LogP) is 4.05. The van der Waals surface area contributed by atoms with E-state index in [1.54, 1.807) is 0 Å². The van der Waals surface area contributed by atoms with Crippen molar-refractivity contribution < 1.29 is 0 Å². The molecule has 0 unspecified atom stereocenters. The molecule has 0 aliphatic carbocycles. The van der Waals surface area contributed by atoms with Crippen molar-refractivity contribution in [3.63, 3.8) is 0 Å². The molecular weight excluding hydrogens is 256 g/mol. The highest BCUT2D eigenvalue weighted by Gasteiger charge is 2.21. The molecular formula is C16H17ClN2. The van der Waals surface area contributed by atoms with Gasteiger partial charge in [0.05, 0.1) is 10.7 Å². The molecule has 2 aromatic carbocycles. The van der Waals surface area contributed by atoms with Gasteiger partial charge < -0.3 is 10.6 Å². The van der Waals surface area contributed by atoms with Gasteiger partial charge in [-0.25, -0.2) is 0 Å². The van der Waals surface area contributed by atoms with Gasteiger partial charge >= 0.3 is 0 Å². The van der Waals surface area contributed by atoms with Gasteiger partial charge in [-0.3, -0.25) is 0 Å². The van der Waals surface area contributed by atoms with Crippen molar-refractivity contribution in [2.24, 2.45) is 5.73 Å². The van der Waals surface area contributed by atoms with Crippen molar-refractivity contribution in [1.82, 2.24) is 0 Å². The third-order valence-electron chi connectivity index (χ3n) is 3.68. The van der Waals surface area contributed by atoms with Gasteiger partial charge in [0.1, 0.15) is 0 Å². The van der Waals surface area contributed by atoms with Gasteiger partial charge in [0, 0.05) is 18.3 Å². The molecule has 0 amide bonds. The van der Waals surface area contributed by atoms with Gasteiger partial charge in [-0.15, -0.1) is 0 Å². The molecule has 1 aliphatic heterocycles. The summed E-state index contributed by atoms with van der Waals surface area (Å²) in [5.74, 6) is 0. The molecule has 98 valence electrons. The summed E-state index contributed by atoms with van der Waals surface area (Å²) in [4.78, 5) is 2.28. The summed E-state index contributed by atoms with van der Waals surface area (Å²) in [7, 11) is 0. The molecule has 1 atom stereocenters. The van der Waals surface area contributed by atoms with E-state index in [1.165, 1.54) is 11.3 Å². The number of hydrogen-bond donors (Lipinski definition) is 1. The summed E-state index contributed by atoms with van der Waals surface area (Å²) in [5, 5.41) is 0.770. The molecule has 19 heavy (non-hydrogen) atoms. The van der Waals surface area contributed by atoms with Crippen LogP contribution in [-0.4, -0.2) is 6.54 Å². The maximum Gasteiger partial charge on any atom is 0.0646 e. The number of fused-ring (bicyclic) bond motifs is 1. The Morgan fingerprint density at radius 1 is 1.16 bits per heavy atom. The van der Waals surface area contributed by atoms with Crippen LogP contribution in [0.1, 0.15) is 24.1 Å². The average molecular weight is 273 g/mol. The Kier molecular flexibility index (Phi) is 3.21. The van der Waals surface area contributed by atoms with Crippen LogP contribution in [-0.2, 0) is 6.42 Å². The number of nitrogens with two attached hydrogens (primary N) is 1. The zero-order valence-corrected chi connectivity index (χ0v) is 11.7. The summed E-state index contributed by atoms with van der Waals surface area (Å²) < 4.78 is 0. The third-order valence-corrected chi connectivity index (χ3v) is 3.98. The van der Waals surface area contributed by atoms with Gasteiger partial charge in [-0.05, 0) is 42.7 Å². The Balaban J connectivity index is 2.00. The van der Waals surface area contributed by atoms with Gasteiger partial charge in [0.25, 0.3) is 0 Å². The van der Waals surface area contributed by atoms with E-state index in [1.807, 2.05) is 13.0 Å². The molecule has 0 saturated carbocycles. The van der Waals surface area contributed by atoms with Crippen molar-refractivity contribution in [2.45, 2.75) is 19.4 Å². The number of hydrogen-bond acceptors (Lipinski definition) is 2. The van der Waals surface area contributed by atoms with Gasteiger partial charge in [0.15, 0.2) is 0 Å². The summed E-state index contributed by atoms with van der Waals surface area (Å²) in [6.45, 7) is 2.95. The molecule has 3 heteroatoms. The molecule has 3 rings (SSSR count). The van der Waals surface area contributed by atoms with Crippen molar-refractivity contribution >= 4 is 23.0 Å². The Morgan fingerprint density at radius 3 is 2.68 bits per heavy atom. The lowest BCUT2D eigenvalue weighted by atomic mass is 10.1. The van der Waals surface area contributed by atoms with Gasteiger partial charge in [0.2, 0.25) is 0 Å². The fourth-order valence-corrected chi connectivity index (χ4v) is 2.90. The maximum absolute atomic E-state index is 6.42. The fraction of sp³-hybridized carbons (Fsp3) is 0.250. The number of benzene rings is 2. The number of para-hydroxylation sites is 1. The Bertz CT molecular complexity index is 607. The van der Waals surface area contributed by atoms with E-state index in [0.717, 1.165) is 29.2 Å². The second kappa shape index (κ2) is 4.87.